The van der Waals surface area contributed by atoms with Crippen LogP contribution in [0.25, 0.3) is 0 Å². The first-order valence-corrected chi connectivity index (χ1v) is 7.65. The Morgan fingerprint density at radius 2 is 2.10 bits per heavy atom. The summed E-state index contributed by atoms with van der Waals surface area (Å²) < 4.78 is 14.4. The lowest BCUT2D eigenvalue weighted by Gasteiger charge is -2.28. The Bertz CT molecular complexity index is 542. The summed E-state index contributed by atoms with van der Waals surface area (Å²) in [6, 6.07) is 0.170. The minimum atomic E-state index is -0.303. The second-order valence-corrected chi connectivity index (χ2v) is 5.75. The molecule has 0 radical (unpaired) electrons. The van der Waals surface area contributed by atoms with Crippen LogP contribution in [0.3, 0.4) is 0 Å². The molecular weight excluding hydrogens is 275 g/mol. The van der Waals surface area contributed by atoms with Crippen molar-refractivity contribution in [2.45, 2.75) is 39.7 Å². The lowest BCUT2D eigenvalue weighted by atomic mass is 10.2. The van der Waals surface area contributed by atoms with Crippen LogP contribution >= 0.6 is 11.3 Å². The molecule has 0 aliphatic heterocycles. The molecule has 0 aliphatic rings. The summed E-state index contributed by atoms with van der Waals surface area (Å²) in [5, 5.41) is 3.01. The molecule has 2 aromatic heterocycles. The van der Waals surface area contributed by atoms with Gasteiger partial charge in [0.25, 0.3) is 0 Å². The lowest BCUT2D eigenvalue weighted by molar-refractivity contribution is 0.567. The highest BCUT2D eigenvalue weighted by atomic mass is 32.1. The van der Waals surface area contributed by atoms with E-state index < -0.39 is 0 Å². The van der Waals surface area contributed by atoms with Crippen molar-refractivity contribution in [1.29, 1.82) is 0 Å². The summed E-state index contributed by atoms with van der Waals surface area (Å²) in [4.78, 5) is 14.3. The minimum absolute atomic E-state index is 0.170. The Balaban J connectivity index is 2.20. The van der Waals surface area contributed by atoms with E-state index in [0.29, 0.717) is 24.5 Å². The molecule has 4 nitrogen and oxygen atoms in total. The Morgan fingerprint density at radius 1 is 1.30 bits per heavy atom. The Hall–Kier alpha value is -1.56. The van der Waals surface area contributed by atoms with Crippen molar-refractivity contribution in [2.75, 3.05) is 11.4 Å². The molecule has 2 aromatic rings. The van der Waals surface area contributed by atoms with Crippen molar-refractivity contribution in [2.24, 2.45) is 0 Å². The number of thiazole rings is 1. The Kier molecular flexibility index (Phi) is 5.00. The molecule has 0 atom stereocenters. The summed E-state index contributed by atoms with van der Waals surface area (Å²) in [6.07, 6.45) is 4.59. The summed E-state index contributed by atoms with van der Waals surface area (Å²) in [5.74, 6) is 0.0891. The summed E-state index contributed by atoms with van der Waals surface area (Å²) in [7, 11) is 0. The predicted molar refractivity (Wildman–Crippen MR) is 79.7 cm³/mol. The highest BCUT2D eigenvalue weighted by Crippen LogP contribution is 2.21. The van der Waals surface area contributed by atoms with Crippen LogP contribution in [0.4, 0.5) is 10.2 Å². The molecule has 2 heterocycles. The third-order valence-corrected chi connectivity index (χ3v) is 3.96. The molecule has 0 fully saturated rings. The summed E-state index contributed by atoms with van der Waals surface area (Å²) >= 11 is 1.62. The average Bonchev–Trinajstić information content (AvgIpc) is 2.93. The molecule has 0 saturated carbocycles. The van der Waals surface area contributed by atoms with Crippen molar-refractivity contribution in [3.63, 3.8) is 0 Å². The molecule has 0 aliphatic carbocycles. The fraction of sp³-hybridized carbons (Fsp3) is 0.500. The van der Waals surface area contributed by atoms with Gasteiger partial charge in [-0.3, -0.25) is 0 Å². The van der Waals surface area contributed by atoms with Gasteiger partial charge in [-0.05, 0) is 20.3 Å². The second-order valence-electron chi connectivity index (χ2n) is 4.77. The smallest absolute Gasteiger partial charge is 0.187 e. The molecule has 0 amide bonds. The molecule has 20 heavy (non-hydrogen) atoms. The number of aryl methyl sites for hydroxylation is 1. The van der Waals surface area contributed by atoms with E-state index in [0.717, 1.165) is 11.4 Å². The molecule has 2 rings (SSSR count). The second kappa shape index (κ2) is 6.74. The van der Waals surface area contributed by atoms with E-state index in [2.05, 4.69) is 15.0 Å². The number of anilines is 1. The molecule has 0 unspecified atom stereocenters. The van der Waals surface area contributed by atoms with Gasteiger partial charge < -0.3 is 4.90 Å². The van der Waals surface area contributed by atoms with Crippen LogP contribution in [0, 0.1) is 5.82 Å². The van der Waals surface area contributed by atoms with Gasteiger partial charge in [0.1, 0.15) is 6.33 Å². The number of aromatic nitrogens is 3. The monoisotopic (exact) mass is 294 g/mol. The molecule has 0 aromatic carbocycles. The molecule has 0 N–H and O–H groups in total. The van der Waals surface area contributed by atoms with Crippen LogP contribution in [-0.2, 0) is 12.8 Å². The van der Waals surface area contributed by atoms with Crippen molar-refractivity contribution in [1.82, 2.24) is 15.0 Å². The fourth-order valence-corrected chi connectivity index (χ4v) is 2.65. The predicted octanol–water partition coefficient (Wildman–Crippen LogP) is 3.09. The number of rotatable bonds is 6. The molecule has 0 saturated heterocycles. The van der Waals surface area contributed by atoms with Gasteiger partial charge in [-0.15, -0.1) is 11.3 Å². The van der Waals surface area contributed by atoms with Crippen LogP contribution in [0.1, 0.15) is 31.5 Å². The van der Waals surface area contributed by atoms with Crippen molar-refractivity contribution >= 4 is 17.2 Å². The van der Waals surface area contributed by atoms with Crippen LogP contribution in [0.2, 0.25) is 0 Å². The maximum Gasteiger partial charge on any atom is 0.187 e. The van der Waals surface area contributed by atoms with Crippen LogP contribution in [-0.4, -0.2) is 27.5 Å². The number of nitrogens with zero attached hydrogens (tertiary/aromatic N) is 4. The quantitative estimate of drug-likeness (QED) is 0.821. The summed E-state index contributed by atoms with van der Waals surface area (Å²) in [6.45, 7) is 6.66. The topological polar surface area (TPSA) is 41.9 Å². The van der Waals surface area contributed by atoms with Gasteiger partial charge in [0.05, 0.1) is 10.7 Å². The van der Waals surface area contributed by atoms with E-state index in [1.165, 1.54) is 6.33 Å². The van der Waals surface area contributed by atoms with Crippen molar-refractivity contribution in [3.05, 3.63) is 34.4 Å². The van der Waals surface area contributed by atoms with Gasteiger partial charge in [-0.1, -0.05) is 6.92 Å². The van der Waals surface area contributed by atoms with E-state index >= 15 is 0 Å². The van der Waals surface area contributed by atoms with Gasteiger partial charge in [0, 0.05) is 30.6 Å². The van der Waals surface area contributed by atoms with Crippen molar-refractivity contribution in [3.8, 4) is 0 Å². The van der Waals surface area contributed by atoms with E-state index in [1.54, 1.807) is 17.5 Å². The Labute approximate surface area is 122 Å². The Morgan fingerprint density at radius 3 is 2.70 bits per heavy atom. The lowest BCUT2D eigenvalue weighted by Crippen LogP contribution is -2.34. The third kappa shape index (κ3) is 3.30. The van der Waals surface area contributed by atoms with Gasteiger partial charge in [0.15, 0.2) is 11.6 Å². The molecule has 0 spiro atoms. The van der Waals surface area contributed by atoms with Crippen LogP contribution in [0.15, 0.2) is 17.9 Å². The number of hydrogen-bond acceptors (Lipinski definition) is 5. The van der Waals surface area contributed by atoms with Gasteiger partial charge in [-0.25, -0.2) is 19.3 Å². The van der Waals surface area contributed by atoms with E-state index in [-0.39, 0.29) is 11.9 Å². The normalized spacial score (nSPS) is 11.1. The first-order valence-electron chi connectivity index (χ1n) is 6.77. The average molecular weight is 294 g/mol. The van der Waals surface area contributed by atoms with Crippen LogP contribution < -0.4 is 4.90 Å². The van der Waals surface area contributed by atoms with Gasteiger partial charge in [0.2, 0.25) is 0 Å². The first-order chi connectivity index (χ1) is 9.63. The number of hydrogen-bond donors (Lipinski definition) is 0. The zero-order valence-corrected chi connectivity index (χ0v) is 12.8. The highest BCUT2D eigenvalue weighted by Gasteiger charge is 2.19. The fourth-order valence-electron chi connectivity index (χ4n) is 2.04. The van der Waals surface area contributed by atoms with Gasteiger partial charge >= 0.3 is 0 Å². The van der Waals surface area contributed by atoms with E-state index in [1.807, 2.05) is 31.1 Å². The largest absolute Gasteiger partial charge is 0.351 e. The molecule has 108 valence electrons. The van der Waals surface area contributed by atoms with Crippen molar-refractivity contribution < 1.29 is 4.39 Å². The maximum atomic E-state index is 14.4. The number of halogens is 1. The molecule has 0 bridgehead atoms. The van der Waals surface area contributed by atoms with Crippen LogP contribution in [0.5, 0.6) is 0 Å². The summed E-state index contributed by atoms with van der Waals surface area (Å²) in [5.41, 5.74) is 0.467. The molecule has 6 heteroatoms. The SMILES string of the molecule is CCc1ncnc(N(CCc2nccs2)C(C)C)c1F. The zero-order valence-electron chi connectivity index (χ0n) is 12.0. The van der Waals surface area contributed by atoms with E-state index in [4.69, 9.17) is 0 Å². The maximum absolute atomic E-state index is 14.4. The zero-order chi connectivity index (χ0) is 14.5. The first kappa shape index (κ1) is 14.8. The van der Waals surface area contributed by atoms with E-state index in [9.17, 15) is 4.39 Å². The standard InChI is InChI=1S/C14H19FN4S/c1-4-11-13(15)14(18-9-17-11)19(10(2)3)7-5-12-16-6-8-20-12/h6,8-10H,4-5,7H2,1-3H3. The highest BCUT2D eigenvalue weighted by molar-refractivity contribution is 7.09. The third-order valence-electron chi connectivity index (χ3n) is 3.12. The van der Waals surface area contributed by atoms with Gasteiger partial charge in [-0.2, -0.15) is 0 Å². The minimum Gasteiger partial charge on any atom is -0.351 e. The molecular formula is C14H19FN4S.